The number of aryl methyl sites for hydroxylation is 2. The second kappa shape index (κ2) is 7.03. The zero-order chi connectivity index (χ0) is 12.7. The topological polar surface area (TPSA) is 68.2 Å². The molecule has 17 heavy (non-hydrogen) atoms. The van der Waals surface area contributed by atoms with E-state index in [4.69, 9.17) is 4.74 Å². The van der Waals surface area contributed by atoms with Gasteiger partial charge in [0.25, 0.3) is 5.91 Å². The number of aromatic nitrogens is 2. The molecule has 6 heteroatoms. The highest BCUT2D eigenvalue weighted by atomic mass is 16.5. The maximum atomic E-state index is 11.7. The van der Waals surface area contributed by atoms with E-state index in [9.17, 15) is 4.79 Å². The Kier molecular flexibility index (Phi) is 5.65. The minimum absolute atomic E-state index is 0.137. The molecule has 0 bridgehead atoms. The van der Waals surface area contributed by atoms with E-state index in [0.29, 0.717) is 18.8 Å². The zero-order valence-corrected chi connectivity index (χ0v) is 10.6. The van der Waals surface area contributed by atoms with Gasteiger partial charge in [-0.05, 0) is 13.0 Å². The standard InChI is InChI=1S/C11H20N4O2/c1-9-8-10(14-15(9)2)11(16)13-5-4-12-6-7-17-3/h8,12H,4-7H2,1-3H3,(H,13,16). The van der Waals surface area contributed by atoms with Crippen molar-refractivity contribution in [3.63, 3.8) is 0 Å². The minimum Gasteiger partial charge on any atom is -0.383 e. The Balaban J connectivity index is 2.21. The molecule has 6 nitrogen and oxygen atoms in total. The highest BCUT2D eigenvalue weighted by molar-refractivity contribution is 5.92. The van der Waals surface area contributed by atoms with Crippen molar-refractivity contribution in [3.05, 3.63) is 17.5 Å². The molecule has 0 atom stereocenters. The van der Waals surface area contributed by atoms with Gasteiger partial charge in [0, 0.05) is 39.5 Å². The number of nitrogens with zero attached hydrogens (tertiary/aromatic N) is 2. The van der Waals surface area contributed by atoms with Crippen LogP contribution in [0.15, 0.2) is 6.07 Å². The Morgan fingerprint density at radius 3 is 2.82 bits per heavy atom. The van der Waals surface area contributed by atoms with Gasteiger partial charge in [-0.3, -0.25) is 9.48 Å². The summed E-state index contributed by atoms with van der Waals surface area (Å²) in [6.45, 7) is 4.68. The molecule has 1 rings (SSSR count). The quantitative estimate of drug-likeness (QED) is 0.642. The highest BCUT2D eigenvalue weighted by Gasteiger charge is 2.09. The largest absolute Gasteiger partial charge is 0.383 e. The van der Waals surface area contributed by atoms with Crippen LogP contribution >= 0.6 is 0 Å². The van der Waals surface area contributed by atoms with Crippen molar-refractivity contribution in [2.45, 2.75) is 6.92 Å². The van der Waals surface area contributed by atoms with Crippen molar-refractivity contribution in [3.8, 4) is 0 Å². The van der Waals surface area contributed by atoms with Crippen LogP contribution in [0, 0.1) is 6.92 Å². The molecule has 1 heterocycles. The van der Waals surface area contributed by atoms with Crippen molar-refractivity contribution in [1.82, 2.24) is 20.4 Å². The summed E-state index contributed by atoms with van der Waals surface area (Å²) in [6, 6.07) is 1.77. The first-order valence-electron chi connectivity index (χ1n) is 5.63. The summed E-state index contributed by atoms with van der Waals surface area (Å²) in [7, 11) is 3.48. The number of ether oxygens (including phenoxy) is 1. The first-order valence-corrected chi connectivity index (χ1v) is 5.63. The molecule has 0 aliphatic carbocycles. The summed E-state index contributed by atoms with van der Waals surface area (Å²) in [5.41, 5.74) is 1.43. The second-order valence-corrected chi connectivity index (χ2v) is 3.79. The van der Waals surface area contributed by atoms with Gasteiger partial charge in [0.15, 0.2) is 0 Å². The molecule has 96 valence electrons. The first-order chi connectivity index (χ1) is 8.15. The number of rotatable bonds is 7. The average molecular weight is 240 g/mol. The molecule has 0 aromatic carbocycles. The van der Waals surface area contributed by atoms with Crippen LogP contribution in [0.3, 0.4) is 0 Å². The number of methoxy groups -OCH3 is 1. The average Bonchev–Trinajstić information content (AvgIpc) is 2.64. The Bertz CT molecular complexity index is 343. The van der Waals surface area contributed by atoms with Gasteiger partial charge in [-0.1, -0.05) is 0 Å². The fourth-order valence-electron chi connectivity index (χ4n) is 1.33. The molecule has 0 aliphatic rings. The van der Waals surface area contributed by atoms with E-state index < -0.39 is 0 Å². The number of hydrogen-bond donors (Lipinski definition) is 2. The predicted molar refractivity (Wildman–Crippen MR) is 65.0 cm³/mol. The second-order valence-electron chi connectivity index (χ2n) is 3.79. The van der Waals surface area contributed by atoms with Gasteiger partial charge in [-0.15, -0.1) is 0 Å². The highest BCUT2D eigenvalue weighted by Crippen LogP contribution is 2.00. The summed E-state index contributed by atoms with van der Waals surface area (Å²) < 4.78 is 6.58. The monoisotopic (exact) mass is 240 g/mol. The lowest BCUT2D eigenvalue weighted by Crippen LogP contribution is -2.33. The smallest absolute Gasteiger partial charge is 0.271 e. The molecule has 1 aromatic rings. The van der Waals surface area contributed by atoms with E-state index in [1.54, 1.807) is 17.9 Å². The SMILES string of the molecule is COCCNCCNC(=O)c1cc(C)n(C)n1. The van der Waals surface area contributed by atoms with Crippen LogP contribution in [0.5, 0.6) is 0 Å². The Morgan fingerprint density at radius 1 is 1.47 bits per heavy atom. The maximum absolute atomic E-state index is 11.7. The first kappa shape index (κ1) is 13.7. The lowest BCUT2D eigenvalue weighted by molar-refractivity contribution is 0.0948. The van der Waals surface area contributed by atoms with Gasteiger partial charge in [0.1, 0.15) is 5.69 Å². The van der Waals surface area contributed by atoms with E-state index in [0.717, 1.165) is 18.8 Å². The van der Waals surface area contributed by atoms with E-state index >= 15 is 0 Å². The van der Waals surface area contributed by atoms with Crippen LogP contribution in [0.4, 0.5) is 0 Å². The summed E-state index contributed by atoms with van der Waals surface area (Å²) in [5, 5.41) is 10.0. The summed E-state index contributed by atoms with van der Waals surface area (Å²) in [5.74, 6) is -0.137. The molecule has 0 fully saturated rings. The molecule has 1 amide bonds. The van der Waals surface area contributed by atoms with Gasteiger partial charge in [-0.25, -0.2) is 0 Å². The van der Waals surface area contributed by atoms with Crippen LogP contribution in [-0.4, -0.2) is 49.0 Å². The lowest BCUT2D eigenvalue weighted by Gasteiger charge is -2.04. The van der Waals surface area contributed by atoms with Gasteiger partial charge >= 0.3 is 0 Å². The van der Waals surface area contributed by atoms with Crippen LogP contribution in [-0.2, 0) is 11.8 Å². The van der Waals surface area contributed by atoms with Crippen LogP contribution < -0.4 is 10.6 Å². The lowest BCUT2D eigenvalue weighted by atomic mass is 10.3. The van der Waals surface area contributed by atoms with Crippen molar-refractivity contribution in [1.29, 1.82) is 0 Å². The maximum Gasteiger partial charge on any atom is 0.271 e. The van der Waals surface area contributed by atoms with Crippen LogP contribution in [0.1, 0.15) is 16.2 Å². The molecule has 0 aliphatic heterocycles. The van der Waals surface area contributed by atoms with Gasteiger partial charge < -0.3 is 15.4 Å². The summed E-state index contributed by atoms with van der Waals surface area (Å²) >= 11 is 0. The summed E-state index contributed by atoms with van der Waals surface area (Å²) in [6.07, 6.45) is 0. The third-order valence-corrected chi connectivity index (χ3v) is 2.42. The third-order valence-electron chi connectivity index (χ3n) is 2.42. The van der Waals surface area contributed by atoms with Crippen LogP contribution in [0.25, 0.3) is 0 Å². The fourth-order valence-corrected chi connectivity index (χ4v) is 1.33. The zero-order valence-electron chi connectivity index (χ0n) is 10.6. The minimum atomic E-state index is -0.137. The molecular weight excluding hydrogens is 220 g/mol. The van der Waals surface area contributed by atoms with E-state index in [-0.39, 0.29) is 5.91 Å². The fraction of sp³-hybridized carbons (Fsp3) is 0.636. The molecule has 0 saturated heterocycles. The predicted octanol–water partition coefficient (Wildman–Crippen LogP) is -0.306. The molecular formula is C11H20N4O2. The van der Waals surface area contributed by atoms with Crippen molar-refractivity contribution in [2.24, 2.45) is 7.05 Å². The number of hydrogen-bond acceptors (Lipinski definition) is 4. The Morgan fingerprint density at radius 2 is 2.24 bits per heavy atom. The molecule has 0 saturated carbocycles. The van der Waals surface area contributed by atoms with Crippen molar-refractivity contribution in [2.75, 3.05) is 33.4 Å². The van der Waals surface area contributed by atoms with Crippen molar-refractivity contribution < 1.29 is 9.53 Å². The van der Waals surface area contributed by atoms with Gasteiger partial charge in [-0.2, -0.15) is 5.10 Å². The van der Waals surface area contributed by atoms with E-state index in [2.05, 4.69) is 15.7 Å². The Labute approximate surface area is 101 Å². The molecule has 0 radical (unpaired) electrons. The third kappa shape index (κ3) is 4.54. The normalized spacial score (nSPS) is 10.5. The summed E-state index contributed by atoms with van der Waals surface area (Å²) in [4.78, 5) is 11.7. The number of carbonyl (C=O) groups is 1. The van der Waals surface area contributed by atoms with E-state index in [1.165, 1.54) is 0 Å². The number of carbonyl (C=O) groups excluding carboxylic acids is 1. The molecule has 2 N–H and O–H groups in total. The van der Waals surface area contributed by atoms with Crippen LogP contribution in [0.2, 0.25) is 0 Å². The number of amides is 1. The Hall–Kier alpha value is -1.40. The number of nitrogens with one attached hydrogen (secondary N) is 2. The van der Waals surface area contributed by atoms with Gasteiger partial charge in [0.05, 0.1) is 6.61 Å². The van der Waals surface area contributed by atoms with Gasteiger partial charge in [0.2, 0.25) is 0 Å². The molecule has 0 spiro atoms. The van der Waals surface area contributed by atoms with Crippen molar-refractivity contribution >= 4 is 5.91 Å². The molecule has 1 aromatic heterocycles. The molecule has 0 unspecified atom stereocenters. The van der Waals surface area contributed by atoms with E-state index in [1.807, 2.05) is 14.0 Å².